The molecule has 1 saturated heterocycles. The summed E-state index contributed by atoms with van der Waals surface area (Å²) < 4.78 is 5.45. The number of benzene rings is 1. The third-order valence-electron chi connectivity index (χ3n) is 2.85. The van der Waals surface area contributed by atoms with E-state index in [1.807, 2.05) is 0 Å². The van der Waals surface area contributed by atoms with Crippen LogP contribution in [0.4, 0.5) is 5.69 Å². The fourth-order valence-electron chi connectivity index (χ4n) is 1.87. The standard InChI is InChI=1S/C12H13NO5S/c14-12(15)8-3-4-11(10(6-8)13(16)17)19-7-9-2-1-5-18-9/h3-4,6,9H,1-2,5,7H2,(H,14,15)/t9-/m0/s1. The Morgan fingerprint density at radius 1 is 1.58 bits per heavy atom. The van der Waals surface area contributed by atoms with Gasteiger partial charge in [-0.25, -0.2) is 4.79 Å². The molecule has 0 bridgehead atoms. The van der Waals surface area contributed by atoms with Crippen LogP contribution >= 0.6 is 11.8 Å². The van der Waals surface area contributed by atoms with Crippen molar-refractivity contribution in [3.8, 4) is 0 Å². The van der Waals surface area contributed by atoms with Crippen LogP contribution in [0.3, 0.4) is 0 Å². The molecule has 7 heteroatoms. The highest BCUT2D eigenvalue weighted by atomic mass is 32.2. The lowest BCUT2D eigenvalue weighted by Crippen LogP contribution is -2.08. The van der Waals surface area contributed by atoms with Crippen LogP contribution in [0.1, 0.15) is 23.2 Å². The maximum absolute atomic E-state index is 11.0. The molecule has 0 aliphatic carbocycles. The van der Waals surface area contributed by atoms with E-state index in [1.165, 1.54) is 23.9 Å². The van der Waals surface area contributed by atoms with Gasteiger partial charge in [0.15, 0.2) is 0 Å². The number of hydrogen-bond acceptors (Lipinski definition) is 5. The van der Waals surface area contributed by atoms with Gasteiger partial charge in [0.1, 0.15) is 0 Å². The van der Waals surface area contributed by atoms with Gasteiger partial charge in [-0.15, -0.1) is 11.8 Å². The fraction of sp³-hybridized carbons (Fsp3) is 0.417. The second-order valence-corrected chi connectivity index (χ2v) is 5.25. The molecule has 102 valence electrons. The van der Waals surface area contributed by atoms with E-state index in [2.05, 4.69) is 0 Å². The number of nitro groups is 1. The number of nitro benzene ring substituents is 1. The van der Waals surface area contributed by atoms with Gasteiger partial charge in [0.2, 0.25) is 0 Å². The van der Waals surface area contributed by atoms with Crippen molar-refractivity contribution in [2.75, 3.05) is 12.4 Å². The lowest BCUT2D eigenvalue weighted by atomic mass is 10.2. The highest BCUT2D eigenvalue weighted by molar-refractivity contribution is 7.99. The Bertz CT molecular complexity index is 499. The Hall–Kier alpha value is -1.60. The van der Waals surface area contributed by atoms with E-state index in [-0.39, 0.29) is 17.4 Å². The van der Waals surface area contributed by atoms with Crippen LogP contribution < -0.4 is 0 Å². The lowest BCUT2D eigenvalue weighted by molar-refractivity contribution is -0.387. The number of thioether (sulfide) groups is 1. The monoisotopic (exact) mass is 283 g/mol. The number of carboxylic acid groups (broad SMARTS) is 1. The van der Waals surface area contributed by atoms with Crippen molar-refractivity contribution in [1.82, 2.24) is 0 Å². The van der Waals surface area contributed by atoms with Crippen molar-refractivity contribution in [2.45, 2.75) is 23.8 Å². The quantitative estimate of drug-likeness (QED) is 0.507. The zero-order valence-electron chi connectivity index (χ0n) is 10.1. The van der Waals surface area contributed by atoms with E-state index in [0.29, 0.717) is 10.6 Å². The molecule has 19 heavy (non-hydrogen) atoms. The molecule has 1 fully saturated rings. The minimum absolute atomic E-state index is 0.0758. The van der Waals surface area contributed by atoms with Crippen LogP contribution in [-0.4, -0.2) is 34.5 Å². The predicted molar refractivity (Wildman–Crippen MR) is 69.8 cm³/mol. The summed E-state index contributed by atoms with van der Waals surface area (Å²) in [5.74, 6) is -0.522. The smallest absolute Gasteiger partial charge is 0.335 e. The van der Waals surface area contributed by atoms with Crippen molar-refractivity contribution in [1.29, 1.82) is 0 Å². The number of rotatable bonds is 5. The van der Waals surface area contributed by atoms with Gasteiger partial charge in [0, 0.05) is 18.4 Å². The Kier molecular flexibility index (Phi) is 4.39. The van der Waals surface area contributed by atoms with Crippen LogP contribution in [0.2, 0.25) is 0 Å². The second kappa shape index (κ2) is 6.03. The first-order valence-electron chi connectivity index (χ1n) is 5.84. The van der Waals surface area contributed by atoms with E-state index in [9.17, 15) is 14.9 Å². The number of carboxylic acids is 1. The van der Waals surface area contributed by atoms with E-state index in [0.717, 1.165) is 25.5 Å². The third-order valence-corrected chi connectivity index (χ3v) is 4.05. The minimum atomic E-state index is -1.17. The summed E-state index contributed by atoms with van der Waals surface area (Å²) in [6.07, 6.45) is 2.11. The van der Waals surface area contributed by atoms with Gasteiger partial charge in [0.25, 0.3) is 5.69 Å². The van der Waals surface area contributed by atoms with Crippen LogP contribution in [0.25, 0.3) is 0 Å². The molecule has 0 saturated carbocycles. The molecule has 1 aliphatic rings. The molecular formula is C12H13NO5S. The summed E-state index contributed by atoms with van der Waals surface area (Å²) >= 11 is 1.33. The third kappa shape index (κ3) is 3.45. The molecule has 0 radical (unpaired) electrons. The molecule has 1 heterocycles. The number of carbonyl (C=O) groups is 1. The number of aromatic carboxylic acids is 1. The first kappa shape index (κ1) is 13.8. The number of nitrogens with zero attached hydrogens (tertiary/aromatic N) is 1. The normalized spacial score (nSPS) is 18.4. The molecule has 1 aromatic carbocycles. The first-order valence-corrected chi connectivity index (χ1v) is 6.82. The van der Waals surface area contributed by atoms with Crippen LogP contribution in [0, 0.1) is 10.1 Å². The van der Waals surface area contributed by atoms with Crippen LogP contribution in [0.15, 0.2) is 23.1 Å². The zero-order chi connectivity index (χ0) is 13.8. The van der Waals surface area contributed by atoms with Crippen molar-refractivity contribution < 1.29 is 19.6 Å². The Morgan fingerprint density at radius 3 is 2.95 bits per heavy atom. The average Bonchev–Trinajstić information content (AvgIpc) is 2.89. The Balaban J connectivity index is 2.14. The summed E-state index contributed by atoms with van der Waals surface area (Å²) in [6, 6.07) is 3.97. The molecule has 0 aromatic heterocycles. The van der Waals surface area contributed by atoms with Crippen LogP contribution in [-0.2, 0) is 4.74 Å². The van der Waals surface area contributed by atoms with Crippen LogP contribution in [0.5, 0.6) is 0 Å². The highest BCUT2D eigenvalue weighted by Gasteiger charge is 2.21. The first-order chi connectivity index (χ1) is 9.08. The van der Waals surface area contributed by atoms with E-state index < -0.39 is 10.9 Å². The zero-order valence-corrected chi connectivity index (χ0v) is 10.9. The molecule has 2 rings (SSSR count). The molecule has 1 atom stereocenters. The number of ether oxygens (including phenoxy) is 1. The summed E-state index contributed by atoms with van der Waals surface area (Å²) in [4.78, 5) is 21.7. The van der Waals surface area contributed by atoms with Crippen molar-refractivity contribution >= 4 is 23.4 Å². The largest absolute Gasteiger partial charge is 0.478 e. The Labute approximate surface area is 113 Å². The summed E-state index contributed by atoms with van der Waals surface area (Å²) in [5.41, 5.74) is -0.240. The molecule has 1 aromatic rings. The molecular weight excluding hydrogens is 270 g/mol. The van der Waals surface area contributed by atoms with Crippen molar-refractivity contribution in [3.63, 3.8) is 0 Å². The van der Waals surface area contributed by atoms with Gasteiger partial charge in [-0.1, -0.05) is 0 Å². The highest BCUT2D eigenvalue weighted by Crippen LogP contribution is 2.32. The predicted octanol–water partition coefficient (Wildman–Crippen LogP) is 2.56. The van der Waals surface area contributed by atoms with E-state index in [4.69, 9.17) is 9.84 Å². The molecule has 0 unspecified atom stereocenters. The molecule has 1 N–H and O–H groups in total. The van der Waals surface area contributed by atoms with Gasteiger partial charge in [0.05, 0.1) is 21.5 Å². The Morgan fingerprint density at radius 2 is 2.37 bits per heavy atom. The minimum Gasteiger partial charge on any atom is -0.478 e. The lowest BCUT2D eigenvalue weighted by Gasteiger charge is -2.09. The maximum atomic E-state index is 11.0. The van der Waals surface area contributed by atoms with Gasteiger partial charge in [-0.3, -0.25) is 10.1 Å². The summed E-state index contributed by atoms with van der Waals surface area (Å²) in [7, 11) is 0. The molecule has 0 spiro atoms. The molecule has 1 aliphatic heterocycles. The van der Waals surface area contributed by atoms with E-state index in [1.54, 1.807) is 0 Å². The SMILES string of the molecule is O=C(O)c1ccc(SC[C@@H]2CCCO2)c([N+](=O)[O-])c1. The van der Waals surface area contributed by atoms with Crippen molar-refractivity contribution in [3.05, 3.63) is 33.9 Å². The molecule has 6 nitrogen and oxygen atoms in total. The maximum Gasteiger partial charge on any atom is 0.335 e. The summed E-state index contributed by atoms with van der Waals surface area (Å²) in [6.45, 7) is 0.741. The fourth-order valence-corrected chi connectivity index (χ4v) is 2.95. The molecule has 0 amide bonds. The second-order valence-electron chi connectivity index (χ2n) is 4.19. The van der Waals surface area contributed by atoms with Gasteiger partial charge in [-0.2, -0.15) is 0 Å². The van der Waals surface area contributed by atoms with E-state index >= 15 is 0 Å². The van der Waals surface area contributed by atoms with Gasteiger partial charge >= 0.3 is 5.97 Å². The summed E-state index contributed by atoms with van der Waals surface area (Å²) in [5, 5.41) is 19.8. The van der Waals surface area contributed by atoms with Gasteiger partial charge in [-0.05, 0) is 25.0 Å². The van der Waals surface area contributed by atoms with Crippen molar-refractivity contribution in [2.24, 2.45) is 0 Å². The average molecular weight is 283 g/mol. The number of hydrogen-bond donors (Lipinski definition) is 1. The topological polar surface area (TPSA) is 89.7 Å². The van der Waals surface area contributed by atoms with Gasteiger partial charge < -0.3 is 9.84 Å².